The first-order valence-electron chi connectivity index (χ1n) is 10.4. The molecule has 160 valence electrons. The molecule has 5 rings (SSSR count). The Bertz CT molecular complexity index is 995. The van der Waals surface area contributed by atoms with Crippen LogP contribution in [0.2, 0.25) is 0 Å². The number of hydrogen-bond acceptors (Lipinski definition) is 4. The van der Waals surface area contributed by atoms with E-state index in [0.717, 1.165) is 44.3 Å². The highest BCUT2D eigenvalue weighted by Crippen LogP contribution is 2.45. The van der Waals surface area contributed by atoms with E-state index in [4.69, 9.17) is 4.42 Å². The molecule has 1 amide bonds. The predicted molar refractivity (Wildman–Crippen MR) is 99.8 cm³/mol. The molecule has 1 saturated carbocycles. The molecule has 2 aromatic rings. The number of furan rings is 1. The van der Waals surface area contributed by atoms with Crippen molar-refractivity contribution in [2.75, 3.05) is 13.1 Å². The van der Waals surface area contributed by atoms with Crippen molar-refractivity contribution in [1.29, 1.82) is 0 Å². The lowest BCUT2D eigenvalue weighted by atomic mass is 9.93. The molecule has 0 aromatic carbocycles. The number of amides is 1. The fourth-order valence-corrected chi connectivity index (χ4v) is 4.68. The lowest BCUT2D eigenvalue weighted by Crippen LogP contribution is -2.40. The zero-order valence-electron chi connectivity index (χ0n) is 16.4. The number of carbonyl (C=O) groups is 2. The van der Waals surface area contributed by atoms with Gasteiger partial charge in [-0.1, -0.05) is 0 Å². The number of nitrogens with zero attached hydrogens (tertiary/aromatic N) is 3. The minimum Gasteiger partial charge on any atom is -0.457 e. The Balaban J connectivity index is 1.35. The molecule has 0 spiro atoms. The van der Waals surface area contributed by atoms with Crippen LogP contribution in [0.15, 0.2) is 10.6 Å². The fourth-order valence-electron chi connectivity index (χ4n) is 4.68. The lowest BCUT2D eigenvalue weighted by molar-refractivity contribution is -0.137. The number of piperidine rings is 1. The van der Waals surface area contributed by atoms with Crippen molar-refractivity contribution >= 4 is 12.2 Å². The van der Waals surface area contributed by atoms with E-state index in [1.807, 2.05) is 11.1 Å². The van der Waals surface area contributed by atoms with Crippen LogP contribution in [-0.4, -0.2) is 40.0 Å². The summed E-state index contributed by atoms with van der Waals surface area (Å²) in [6.45, 7) is 2.06. The van der Waals surface area contributed by atoms with Crippen LogP contribution in [0.1, 0.15) is 53.1 Å². The van der Waals surface area contributed by atoms with E-state index in [1.165, 1.54) is 0 Å². The third-order valence-corrected chi connectivity index (χ3v) is 6.39. The number of rotatable bonds is 4. The number of carbonyl (C=O) groups excluding carboxylic acids is 2. The summed E-state index contributed by atoms with van der Waals surface area (Å²) in [7, 11) is 0. The van der Waals surface area contributed by atoms with Crippen molar-refractivity contribution in [2.24, 2.45) is 11.8 Å². The van der Waals surface area contributed by atoms with Crippen molar-refractivity contribution in [3.8, 4) is 11.3 Å². The van der Waals surface area contributed by atoms with Crippen LogP contribution in [0.5, 0.6) is 0 Å². The Morgan fingerprint density at radius 3 is 2.57 bits per heavy atom. The Morgan fingerprint density at radius 1 is 1.20 bits per heavy atom. The van der Waals surface area contributed by atoms with Gasteiger partial charge in [0, 0.05) is 38.2 Å². The molecule has 9 heteroatoms. The maximum absolute atomic E-state index is 13.6. The Morgan fingerprint density at radius 2 is 1.93 bits per heavy atom. The van der Waals surface area contributed by atoms with Gasteiger partial charge in [-0.15, -0.1) is 0 Å². The van der Waals surface area contributed by atoms with Crippen molar-refractivity contribution in [3.63, 3.8) is 0 Å². The number of halogens is 3. The van der Waals surface area contributed by atoms with Gasteiger partial charge in [0.05, 0.1) is 11.3 Å². The van der Waals surface area contributed by atoms with Crippen molar-refractivity contribution in [1.82, 2.24) is 14.7 Å². The van der Waals surface area contributed by atoms with Gasteiger partial charge in [-0.2, -0.15) is 18.3 Å². The van der Waals surface area contributed by atoms with Crippen molar-refractivity contribution in [2.45, 2.75) is 51.2 Å². The van der Waals surface area contributed by atoms with Crippen LogP contribution in [0.25, 0.3) is 11.3 Å². The molecule has 0 N–H and O–H groups in total. The van der Waals surface area contributed by atoms with Crippen LogP contribution >= 0.6 is 0 Å². The van der Waals surface area contributed by atoms with E-state index in [1.54, 1.807) is 4.68 Å². The number of alkyl halides is 3. The molecule has 2 aromatic heterocycles. The highest BCUT2D eigenvalue weighted by molar-refractivity contribution is 5.83. The minimum absolute atomic E-state index is 0.0885. The zero-order valence-corrected chi connectivity index (χ0v) is 16.4. The summed E-state index contributed by atoms with van der Waals surface area (Å²) in [5.74, 6) is 0.312. The average Bonchev–Trinajstić information content (AvgIpc) is 3.36. The Hall–Kier alpha value is -2.58. The van der Waals surface area contributed by atoms with Crippen LogP contribution in [0, 0.1) is 11.8 Å². The molecule has 3 aliphatic rings. The van der Waals surface area contributed by atoms with Crippen LogP contribution in [0.3, 0.4) is 0 Å². The minimum atomic E-state index is -4.69. The van der Waals surface area contributed by atoms with E-state index in [9.17, 15) is 22.8 Å². The summed E-state index contributed by atoms with van der Waals surface area (Å²) in [5, 5.41) is 4.46. The first-order chi connectivity index (χ1) is 14.3. The number of fused-ring (bicyclic) bond motifs is 3. The molecule has 0 atom stereocenters. The summed E-state index contributed by atoms with van der Waals surface area (Å²) in [4.78, 5) is 25.3. The van der Waals surface area contributed by atoms with Crippen molar-refractivity contribution < 1.29 is 27.2 Å². The van der Waals surface area contributed by atoms with Gasteiger partial charge in [-0.25, -0.2) is 0 Å². The molecule has 1 saturated heterocycles. The number of aromatic nitrogens is 2. The summed E-state index contributed by atoms with van der Waals surface area (Å²) in [6, 6.07) is 0. The summed E-state index contributed by atoms with van der Waals surface area (Å²) in [5.41, 5.74) is -0.102. The van der Waals surface area contributed by atoms with Gasteiger partial charge >= 0.3 is 6.18 Å². The van der Waals surface area contributed by atoms with Crippen LogP contribution in [-0.2, 0) is 30.4 Å². The van der Waals surface area contributed by atoms with Gasteiger partial charge < -0.3 is 9.32 Å². The molecule has 0 bridgehead atoms. The summed E-state index contributed by atoms with van der Waals surface area (Å²) < 4.78 is 47.8. The first-order valence-corrected chi connectivity index (χ1v) is 10.4. The molecular formula is C21H22F3N3O3. The molecule has 0 unspecified atom stereocenters. The van der Waals surface area contributed by atoms with E-state index in [0.29, 0.717) is 25.3 Å². The zero-order chi connectivity index (χ0) is 21.0. The average molecular weight is 421 g/mol. The second-order valence-electron chi connectivity index (χ2n) is 8.52. The molecule has 2 aliphatic carbocycles. The smallest absolute Gasteiger partial charge is 0.420 e. The van der Waals surface area contributed by atoms with Gasteiger partial charge in [-0.05, 0) is 43.6 Å². The maximum Gasteiger partial charge on any atom is 0.420 e. The van der Waals surface area contributed by atoms with E-state index in [2.05, 4.69) is 5.10 Å². The summed E-state index contributed by atoms with van der Waals surface area (Å²) in [6.07, 6.45) is 1.81. The third kappa shape index (κ3) is 3.33. The van der Waals surface area contributed by atoms with Crippen LogP contribution < -0.4 is 0 Å². The standard InChI is InChI=1S/C21H22F3N3O3/c22-21(23,24)18-16(11-28)30-15-4-3-14-10-27(25-19(14)17(15)18)9-12-5-7-26(8-6-12)20(29)13-1-2-13/h10-13H,1-9H2. The lowest BCUT2D eigenvalue weighted by Gasteiger charge is -2.32. The highest BCUT2D eigenvalue weighted by atomic mass is 19.4. The monoisotopic (exact) mass is 421 g/mol. The SMILES string of the molecule is O=Cc1oc2c(c1C(F)(F)F)-c1nn(CC3CCN(C(=O)C4CC4)CC3)cc1CC2. The van der Waals surface area contributed by atoms with Gasteiger partial charge in [0.25, 0.3) is 0 Å². The number of aryl methyl sites for hydroxylation is 2. The predicted octanol–water partition coefficient (Wildman–Crippen LogP) is 3.72. The maximum atomic E-state index is 13.6. The number of likely N-dealkylation sites (tertiary alicyclic amines) is 1. The Labute approximate surface area is 171 Å². The molecule has 30 heavy (non-hydrogen) atoms. The molecule has 2 fully saturated rings. The fraction of sp³-hybridized carbons (Fsp3) is 0.571. The largest absolute Gasteiger partial charge is 0.457 e. The molecule has 3 heterocycles. The normalized spacial score (nSPS) is 19.5. The van der Waals surface area contributed by atoms with E-state index in [-0.39, 0.29) is 35.1 Å². The van der Waals surface area contributed by atoms with Crippen molar-refractivity contribution in [3.05, 3.63) is 28.8 Å². The quantitative estimate of drug-likeness (QED) is 0.706. The Kier molecular flexibility index (Phi) is 4.52. The second-order valence-corrected chi connectivity index (χ2v) is 8.52. The highest BCUT2D eigenvalue weighted by Gasteiger charge is 2.43. The number of aldehydes is 1. The molecular weight excluding hydrogens is 399 g/mol. The molecule has 0 radical (unpaired) electrons. The van der Waals surface area contributed by atoms with Gasteiger partial charge in [0.15, 0.2) is 12.0 Å². The van der Waals surface area contributed by atoms with E-state index >= 15 is 0 Å². The first kappa shape index (κ1) is 19.4. The van der Waals surface area contributed by atoms with E-state index < -0.39 is 17.5 Å². The second kappa shape index (κ2) is 6.99. The summed E-state index contributed by atoms with van der Waals surface area (Å²) >= 11 is 0. The molecule has 1 aliphatic heterocycles. The molecule has 6 nitrogen and oxygen atoms in total. The third-order valence-electron chi connectivity index (χ3n) is 6.39. The topological polar surface area (TPSA) is 68.3 Å². The number of hydrogen-bond donors (Lipinski definition) is 0. The van der Waals surface area contributed by atoms with Crippen LogP contribution in [0.4, 0.5) is 13.2 Å². The van der Waals surface area contributed by atoms with Gasteiger partial charge in [0.2, 0.25) is 5.91 Å². The van der Waals surface area contributed by atoms with Gasteiger partial charge in [-0.3, -0.25) is 14.3 Å². The van der Waals surface area contributed by atoms with Gasteiger partial charge in [0.1, 0.15) is 11.3 Å².